The second-order valence-electron chi connectivity index (χ2n) is 5.97. The molecule has 0 amide bonds. The normalized spacial score (nSPS) is 15.5. The van der Waals surface area contributed by atoms with E-state index in [-0.39, 0.29) is 0 Å². The molecule has 5 rings (SSSR count). The quantitative estimate of drug-likeness (QED) is 0.563. The van der Waals surface area contributed by atoms with Crippen molar-refractivity contribution in [1.29, 1.82) is 0 Å². The van der Waals surface area contributed by atoms with Crippen LogP contribution in [0, 0.1) is 0 Å². The summed E-state index contributed by atoms with van der Waals surface area (Å²) in [5.74, 6) is 2.15. The van der Waals surface area contributed by atoms with Crippen molar-refractivity contribution < 1.29 is 0 Å². The van der Waals surface area contributed by atoms with Crippen LogP contribution in [0.25, 0.3) is 15.9 Å². The van der Waals surface area contributed by atoms with E-state index in [1.54, 1.807) is 11.3 Å². The molecule has 0 N–H and O–H groups in total. The fourth-order valence-electron chi connectivity index (χ4n) is 3.39. The SMILES string of the molecule is c1ccc(N2CCN(c3nc4ccsc4n4cccc34)CC2)nc1. The molecule has 4 aromatic rings. The second kappa shape index (κ2) is 5.49. The molecule has 0 aliphatic carbocycles. The highest BCUT2D eigenvalue weighted by atomic mass is 32.1. The lowest BCUT2D eigenvalue weighted by atomic mass is 10.3. The predicted molar refractivity (Wildman–Crippen MR) is 99.2 cm³/mol. The zero-order valence-electron chi connectivity index (χ0n) is 13.2. The molecule has 5 heterocycles. The first-order valence-corrected chi connectivity index (χ1v) is 9.03. The van der Waals surface area contributed by atoms with Crippen molar-refractivity contribution in [3.8, 4) is 0 Å². The van der Waals surface area contributed by atoms with Gasteiger partial charge in [0.1, 0.15) is 16.2 Å². The van der Waals surface area contributed by atoms with Crippen LogP contribution in [0.2, 0.25) is 0 Å². The molecule has 6 heteroatoms. The molecule has 4 aromatic heterocycles. The topological polar surface area (TPSA) is 36.7 Å². The van der Waals surface area contributed by atoms with E-state index < -0.39 is 0 Å². The largest absolute Gasteiger partial charge is 0.353 e. The Morgan fingerprint density at radius 2 is 1.79 bits per heavy atom. The number of pyridine rings is 1. The molecule has 0 unspecified atom stereocenters. The first kappa shape index (κ1) is 13.8. The predicted octanol–water partition coefficient (Wildman–Crippen LogP) is 3.27. The molecule has 5 nitrogen and oxygen atoms in total. The van der Waals surface area contributed by atoms with Crippen molar-refractivity contribution in [1.82, 2.24) is 14.4 Å². The number of nitrogens with zero attached hydrogens (tertiary/aromatic N) is 5. The van der Waals surface area contributed by atoms with Gasteiger partial charge in [-0.1, -0.05) is 6.07 Å². The fourth-order valence-corrected chi connectivity index (χ4v) is 4.23. The van der Waals surface area contributed by atoms with E-state index in [2.05, 4.69) is 55.0 Å². The van der Waals surface area contributed by atoms with Gasteiger partial charge in [-0.2, -0.15) is 0 Å². The Morgan fingerprint density at radius 3 is 2.62 bits per heavy atom. The number of aromatic nitrogens is 3. The van der Waals surface area contributed by atoms with E-state index in [9.17, 15) is 0 Å². The highest BCUT2D eigenvalue weighted by molar-refractivity contribution is 7.16. The Balaban J connectivity index is 1.47. The van der Waals surface area contributed by atoms with Crippen LogP contribution in [-0.2, 0) is 0 Å². The molecule has 0 radical (unpaired) electrons. The first-order chi connectivity index (χ1) is 11.9. The molecule has 1 aliphatic rings. The van der Waals surface area contributed by atoms with E-state index in [4.69, 9.17) is 4.98 Å². The monoisotopic (exact) mass is 335 g/mol. The molecule has 0 atom stereocenters. The standard InChI is InChI=1S/C18H17N5S/c1-2-7-19-16(5-1)21-9-11-22(12-10-21)17-15-4-3-8-23(15)18-14(20-17)6-13-24-18/h1-8,13H,9-12H2. The summed E-state index contributed by atoms with van der Waals surface area (Å²) in [4.78, 5) is 15.4. The molecule has 120 valence electrons. The van der Waals surface area contributed by atoms with E-state index in [1.165, 1.54) is 10.3 Å². The van der Waals surface area contributed by atoms with Crippen LogP contribution in [0.3, 0.4) is 0 Å². The third kappa shape index (κ3) is 2.14. The van der Waals surface area contributed by atoms with Crippen LogP contribution in [0.15, 0.2) is 54.2 Å². The van der Waals surface area contributed by atoms with Crippen LogP contribution < -0.4 is 9.80 Å². The molecule has 1 fully saturated rings. The molecule has 24 heavy (non-hydrogen) atoms. The van der Waals surface area contributed by atoms with Gasteiger partial charge >= 0.3 is 0 Å². The maximum absolute atomic E-state index is 4.94. The number of thiophene rings is 1. The van der Waals surface area contributed by atoms with E-state index in [0.29, 0.717) is 0 Å². The van der Waals surface area contributed by atoms with Gasteiger partial charge in [-0.15, -0.1) is 11.3 Å². The molecule has 0 spiro atoms. The Kier molecular flexibility index (Phi) is 3.16. The van der Waals surface area contributed by atoms with Gasteiger partial charge in [-0.25, -0.2) is 9.97 Å². The van der Waals surface area contributed by atoms with Crippen molar-refractivity contribution in [3.05, 3.63) is 54.2 Å². The number of rotatable bonds is 2. The smallest absolute Gasteiger partial charge is 0.153 e. The molecule has 0 aromatic carbocycles. The third-order valence-corrected chi connectivity index (χ3v) is 5.50. The van der Waals surface area contributed by atoms with Gasteiger partial charge in [0.05, 0.1) is 5.52 Å². The zero-order chi connectivity index (χ0) is 15.9. The highest BCUT2D eigenvalue weighted by Gasteiger charge is 2.21. The van der Waals surface area contributed by atoms with E-state index >= 15 is 0 Å². The van der Waals surface area contributed by atoms with Crippen molar-refractivity contribution >= 4 is 38.8 Å². The summed E-state index contributed by atoms with van der Waals surface area (Å²) in [6, 6.07) is 12.5. The summed E-state index contributed by atoms with van der Waals surface area (Å²) >= 11 is 1.74. The van der Waals surface area contributed by atoms with Crippen molar-refractivity contribution in [2.24, 2.45) is 0 Å². The summed E-state index contributed by atoms with van der Waals surface area (Å²) < 4.78 is 2.26. The fraction of sp³-hybridized carbons (Fsp3) is 0.222. The van der Waals surface area contributed by atoms with E-state index in [1.807, 2.05) is 18.3 Å². The lowest BCUT2D eigenvalue weighted by molar-refractivity contribution is 0.643. The molecule has 0 bridgehead atoms. The molecule has 0 saturated carbocycles. The highest BCUT2D eigenvalue weighted by Crippen LogP contribution is 2.29. The Labute approximate surface area is 143 Å². The number of hydrogen-bond acceptors (Lipinski definition) is 5. The summed E-state index contributed by atoms with van der Waals surface area (Å²) in [5, 5.41) is 2.11. The number of hydrogen-bond donors (Lipinski definition) is 0. The van der Waals surface area contributed by atoms with Crippen LogP contribution >= 0.6 is 11.3 Å². The Hall–Kier alpha value is -2.60. The lowest BCUT2D eigenvalue weighted by Gasteiger charge is -2.36. The molecule has 1 saturated heterocycles. The van der Waals surface area contributed by atoms with Crippen LogP contribution in [0.5, 0.6) is 0 Å². The van der Waals surface area contributed by atoms with Gasteiger partial charge in [0, 0.05) is 38.6 Å². The average Bonchev–Trinajstić information content (AvgIpc) is 3.30. The number of piperazine rings is 1. The number of anilines is 2. The van der Waals surface area contributed by atoms with Gasteiger partial charge in [-0.05, 0) is 35.7 Å². The maximum atomic E-state index is 4.94. The third-order valence-electron chi connectivity index (χ3n) is 4.60. The summed E-state index contributed by atoms with van der Waals surface area (Å²) in [5.41, 5.74) is 2.27. The van der Waals surface area contributed by atoms with Gasteiger partial charge in [0.15, 0.2) is 5.82 Å². The Morgan fingerprint density at radius 1 is 0.917 bits per heavy atom. The summed E-state index contributed by atoms with van der Waals surface area (Å²) in [7, 11) is 0. The summed E-state index contributed by atoms with van der Waals surface area (Å²) in [6.45, 7) is 3.85. The van der Waals surface area contributed by atoms with Crippen molar-refractivity contribution in [2.75, 3.05) is 36.0 Å². The van der Waals surface area contributed by atoms with Crippen LogP contribution in [0.4, 0.5) is 11.6 Å². The molecular weight excluding hydrogens is 318 g/mol. The van der Waals surface area contributed by atoms with Crippen LogP contribution in [-0.4, -0.2) is 40.5 Å². The second-order valence-corrected chi connectivity index (χ2v) is 6.87. The minimum absolute atomic E-state index is 0.958. The minimum Gasteiger partial charge on any atom is -0.353 e. The molecular formula is C18H17N5S. The minimum atomic E-state index is 0.958. The van der Waals surface area contributed by atoms with Crippen molar-refractivity contribution in [2.45, 2.75) is 0 Å². The van der Waals surface area contributed by atoms with Gasteiger partial charge in [0.2, 0.25) is 0 Å². The average molecular weight is 335 g/mol. The maximum Gasteiger partial charge on any atom is 0.153 e. The lowest BCUT2D eigenvalue weighted by Crippen LogP contribution is -2.47. The number of fused-ring (bicyclic) bond motifs is 3. The first-order valence-electron chi connectivity index (χ1n) is 8.15. The van der Waals surface area contributed by atoms with Gasteiger partial charge < -0.3 is 14.2 Å². The molecule has 1 aliphatic heterocycles. The van der Waals surface area contributed by atoms with Crippen molar-refractivity contribution in [3.63, 3.8) is 0 Å². The zero-order valence-corrected chi connectivity index (χ0v) is 14.0. The van der Waals surface area contributed by atoms with E-state index in [0.717, 1.165) is 43.3 Å². The summed E-state index contributed by atoms with van der Waals surface area (Å²) in [6.07, 6.45) is 3.99. The van der Waals surface area contributed by atoms with Gasteiger partial charge in [0.25, 0.3) is 0 Å². The van der Waals surface area contributed by atoms with Crippen LogP contribution in [0.1, 0.15) is 0 Å². The van der Waals surface area contributed by atoms with Gasteiger partial charge in [-0.3, -0.25) is 0 Å². The Bertz CT molecular complexity index is 982.